The van der Waals surface area contributed by atoms with Crippen molar-refractivity contribution in [1.29, 1.82) is 0 Å². The van der Waals surface area contributed by atoms with E-state index >= 15 is 0 Å². The molecule has 0 fully saturated rings. The van der Waals surface area contributed by atoms with Gasteiger partial charge in [0.05, 0.1) is 0 Å². The van der Waals surface area contributed by atoms with E-state index in [9.17, 15) is 9.59 Å². The van der Waals surface area contributed by atoms with E-state index in [1.807, 2.05) is 31.2 Å². The third-order valence-corrected chi connectivity index (χ3v) is 4.06. The fourth-order valence-corrected chi connectivity index (χ4v) is 3.08. The number of aryl methyl sites for hydroxylation is 1. The molecule has 0 bridgehead atoms. The van der Waals surface area contributed by atoms with Gasteiger partial charge in [-0.15, -0.1) is 0 Å². The minimum atomic E-state index is -0.201. The fourth-order valence-electron chi connectivity index (χ4n) is 2.87. The van der Waals surface area contributed by atoms with Crippen molar-refractivity contribution in [1.82, 2.24) is 10.3 Å². The Bertz CT molecular complexity index is 749. The number of benzene rings is 1. The monoisotopic (exact) mass is 332 g/mol. The lowest BCUT2D eigenvalue weighted by Gasteiger charge is -2.14. The van der Waals surface area contributed by atoms with Crippen LogP contribution in [-0.2, 0) is 6.42 Å². The van der Waals surface area contributed by atoms with E-state index in [4.69, 9.17) is 11.6 Å². The van der Waals surface area contributed by atoms with Gasteiger partial charge in [0, 0.05) is 22.3 Å². The number of hydrogen-bond donors (Lipinski definition) is 2. The van der Waals surface area contributed by atoms with Crippen LogP contribution in [-0.4, -0.2) is 22.7 Å². The Morgan fingerprint density at radius 1 is 1.30 bits per heavy atom. The van der Waals surface area contributed by atoms with Crippen LogP contribution in [0.4, 0.5) is 0 Å². The van der Waals surface area contributed by atoms with Gasteiger partial charge in [-0.2, -0.15) is 0 Å². The molecule has 0 unspecified atom stereocenters. The van der Waals surface area contributed by atoms with Crippen LogP contribution in [0.3, 0.4) is 0 Å². The maximum atomic E-state index is 12.4. The molecule has 0 saturated carbocycles. The second-order valence-corrected chi connectivity index (χ2v) is 6.33. The first-order chi connectivity index (χ1) is 10.8. The summed E-state index contributed by atoms with van der Waals surface area (Å²) in [5, 5.41) is 3.64. The van der Waals surface area contributed by atoms with E-state index in [0.29, 0.717) is 28.3 Å². The van der Waals surface area contributed by atoms with Crippen LogP contribution in [0.1, 0.15) is 51.5 Å². The van der Waals surface area contributed by atoms with E-state index in [-0.39, 0.29) is 17.7 Å². The third kappa shape index (κ3) is 4.02. The lowest BCUT2D eigenvalue weighted by Crippen LogP contribution is -2.34. The normalized spacial score (nSPS) is 12.0. The summed E-state index contributed by atoms with van der Waals surface area (Å²) < 4.78 is 0. The highest BCUT2D eigenvalue weighted by molar-refractivity contribution is 6.30. The van der Waals surface area contributed by atoms with Crippen LogP contribution >= 0.6 is 11.6 Å². The van der Waals surface area contributed by atoms with Crippen molar-refractivity contribution in [3.8, 4) is 0 Å². The van der Waals surface area contributed by atoms with Crippen molar-refractivity contribution in [3.63, 3.8) is 0 Å². The number of H-pyrrole nitrogens is 1. The average Bonchev–Trinajstić information content (AvgIpc) is 2.73. The maximum absolute atomic E-state index is 12.4. The summed E-state index contributed by atoms with van der Waals surface area (Å²) in [6.45, 7) is 7.04. The number of aromatic nitrogens is 1. The Morgan fingerprint density at radius 3 is 2.57 bits per heavy atom. The van der Waals surface area contributed by atoms with E-state index in [1.165, 1.54) is 6.92 Å². The van der Waals surface area contributed by atoms with Gasteiger partial charge in [0.25, 0.3) is 5.91 Å². The largest absolute Gasteiger partial charge is 0.354 e. The Kier molecular flexibility index (Phi) is 5.26. The molecule has 1 amide bonds. The zero-order chi connectivity index (χ0) is 17.1. The zero-order valence-corrected chi connectivity index (χ0v) is 14.5. The van der Waals surface area contributed by atoms with Crippen molar-refractivity contribution >= 4 is 23.3 Å². The average molecular weight is 333 g/mol. The van der Waals surface area contributed by atoms with Gasteiger partial charge < -0.3 is 10.3 Å². The SMILES string of the molecule is CC(=O)c1c(C)[nH]c(C(=O)N[C@H](C)Cc2cccc(Cl)c2)c1C. The van der Waals surface area contributed by atoms with E-state index < -0.39 is 0 Å². The third-order valence-electron chi connectivity index (χ3n) is 3.83. The van der Waals surface area contributed by atoms with Gasteiger partial charge >= 0.3 is 0 Å². The Hall–Kier alpha value is -2.07. The molecule has 4 nitrogen and oxygen atoms in total. The van der Waals surface area contributed by atoms with Gasteiger partial charge in [-0.25, -0.2) is 0 Å². The van der Waals surface area contributed by atoms with Crippen LogP contribution in [0.15, 0.2) is 24.3 Å². The molecule has 2 rings (SSSR count). The number of hydrogen-bond acceptors (Lipinski definition) is 2. The Labute approximate surface area is 141 Å². The highest BCUT2D eigenvalue weighted by atomic mass is 35.5. The predicted octanol–water partition coefficient (Wildman–Crippen LogP) is 3.85. The Morgan fingerprint density at radius 2 is 2.00 bits per heavy atom. The molecule has 0 aliphatic carbocycles. The summed E-state index contributed by atoms with van der Waals surface area (Å²) in [7, 11) is 0. The van der Waals surface area contributed by atoms with Gasteiger partial charge in [0.2, 0.25) is 0 Å². The number of amides is 1. The van der Waals surface area contributed by atoms with Crippen molar-refractivity contribution in [2.24, 2.45) is 0 Å². The predicted molar refractivity (Wildman–Crippen MR) is 92.4 cm³/mol. The lowest BCUT2D eigenvalue weighted by atomic mass is 10.1. The summed E-state index contributed by atoms with van der Waals surface area (Å²) in [6.07, 6.45) is 0.685. The number of ketones is 1. The molecule has 0 saturated heterocycles. The first kappa shape index (κ1) is 17.3. The molecule has 122 valence electrons. The van der Waals surface area contributed by atoms with Crippen LogP contribution in [0.5, 0.6) is 0 Å². The Balaban J connectivity index is 2.10. The molecule has 0 radical (unpaired) electrons. The summed E-state index contributed by atoms with van der Waals surface area (Å²) >= 11 is 5.98. The second kappa shape index (κ2) is 7.01. The molecular weight excluding hydrogens is 312 g/mol. The molecule has 23 heavy (non-hydrogen) atoms. The minimum Gasteiger partial charge on any atom is -0.354 e. The number of halogens is 1. The van der Waals surface area contributed by atoms with Crippen molar-refractivity contribution in [2.75, 3.05) is 0 Å². The van der Waals surface area contributed by atoms with Gasteiger partial charge in [0.1, 0.15) is 5.69 Å². The highest BCUT2D eigenvalue weighted by Crippen LogP contribution is 2.19. The van der Waals surface area contributed by atoms with E-state index in [0.717, 1.165) is 11.3 Å². The highest BCUT2D eigenvalue weighted by Gasteiger charge is 2.20. The fraction of sp³-hybridized carbons (Fsp3) is 0.333. The summed E-state index contributed by atoms with van der Waals surface area (Å²) in [5.74, 6) is -0.241. The molecule has 1 heterocycles. The molecule has 2 aromatic rings. The van der Waals surface area contributed by atoms with Crippen LogP contribution < -0.4 is 5.32 Å². The number of carbonyl (C=O) groups is 2. The zero-order valence-electron chi connectivity index (χ0n) is 13.8. The summed E-state index contributed by atoms with van der Waals surface area (Å²) in [5.41, 5.74) is 3.53. The molecule has 0 aliphatic heterocycles. The molecular formula is C18H21ClN2O2. The summed E-state index contributed by atoms with van der Waals surface area (Å²) in [6, 6.07) is 7.53. The molecule has 1 aromatic carbocycles. The molecule has 5 heteroatoms. The van der Waals surface area contributed by atoms with Gasteiger partial charge in [-0.1, -0.05) is 23.7 Å². The molecule has 1 atom stereocenters. The van der Waals surface area contributed by atoms with E-state index in [1.54, 1.807) is 13.8 Å². The van der Waals surface area contributed by atoms with Crippen molar-refractivity contribution < 1.29 is 9.59 Å². The van der Waals surface area contributed by atoms with Crippen molar-refractivity contribution in [2.45, 2.75) is 40.2 Å². The van der Waals surface area contributed by atoms with Gasteiger partial charge in [-0.05, 0) is 57.4 Å². The molecule has 1 aromatic heterocycles. The van der Waals surface area contributed by atoms with Crippen LogP contribution in [0.2, 0.25) is 5.02 Å². The number of nitrogens with one attached hydrogen (secondary N) is 2. The smallest absolute Gasteiger partial charge is 0.268 e. The number of rotatable bonds is 5. The summed E-state index contributed by atoms with van der Waals surface area (Å²) in [4.78, 5) is 27.1. The maximum Gasteiger partial charge on any atom is 0.268 e. The van der Waals surface area contributed by atoms with Crippen molar-refractivity contribution in [3.05, 3.63) is 57.4 Å². The van der Waals surface area contributed by atoms with Gasteiger partial charge in [0.15, 0.2) is 5.78 Å². The first-order valence-corrected chi connectivity index (χ1v) is 7.92. The lowest BCUT2D eigenvalue weighted by molar-refractivity contribution is 0.0934. The van der Waals surface area contributed by atoms with Gasteiger partial charge in [-0.3, -0.25) is 9.59 Å². The van der Waals surface area contributed by atoms with Crippen LogP contribution in [0, 0.1) is 13.8 Å². The molecule has 2 N–H and O–H groups in total. The van der Waals surface area contributed by atoms with E-state index in [2.05, 4.69) is 10.3 Å². The second-order valence-electron chi connectivity index (χ2n) is 5.89. The molecule has 0 spiro atoms. The minimum absolute atomic E-state index is 0.0396. The quantitative estimate of drug-likeness (QED) is 0.817. The first-order valence-electron chi connectivity index (χ1n) is 7.55. The molecule has 0 aliphatic rings. The number of Topliss-reactive ketones (excluding diaryl/α,β-unsaturated/α-hetero) is 1. The number of aromatic amines is 1. The topological polar surface area (TPSA) is 62.0 Å². The standard InChI is InChI=1S/C18H21ClN2O2/c1-10(8-14-6-5-7-15(19)9-14)20-18(23)17-11(2)16(13(4)22)12(3)21-17/h5-7,9-10,21H,8H2,1-4H3,(H,20,23)/t10-/m1/s1. The number of carbonyl (C=O) groups excluding carboxylic acids is 2. The van der Waals surface area contributed by atoms with Crippen LogP contribution in [0.25, 0.3) is 0 Å².